The van der Waals surface area contributed by atoms with Gasteiger partial charge in [0.15, 0.2) is 5.96 Å². The summed E-state index contributed by atoms with van der Waals surface area (Å²) in [6.07, 6.45) is 0. The molecule has 0 fully saturated rings. The van der Waals surface area contributed by atoms with Crippen LogP contribution in [-0.2, 0) is 17.9 Å². The Hall–Kier alpha value is -3.22. The third-order valence-electron chi connectivity index (χ3n) is 4.48. The van der Waals surface area contributed by atoms with Crippen LogP contribution in [0.1, 0.15) is 18.1 Å². The van der Waals surface area contributed by atoms with Crippen LogP contribution in [0.4, 0.5) is 0 Å². The molecule has 0 radical (unpaired) electrons. The third-order valence-corrected chi connectivity index (χ3v) is 4.48. The fourth-order valence-electron chi connectivity index (χ4n) is 2.73. The van der Waals surface area contributed by atoms with Crippen LogP contribution in [0.5, 0.6) is 11.5 Å². The van der Waals surface area contributed by atoms with Crippen molar-refractivity contribution in [3.05, 3.63) is 59.7 Å². The highest BCUT2D eigenvalue weighted by molar-refractivity contribution is 5.86. The molecule has 30 heavy (non-hydrogen) atoms. The second kappa shape index (κ2) is 11.7. The second-order valence-electron chi connectivity index (χ2n) is 7.06. The summed E-state index contributed by atoms with van der Waals surface area (Å²) in [6, 6.07) is 15.8. The minimum Gasteiger partial charge on any atom is -0.497 e. The van der Waals surface area contributed by atoms with E-state index in [0.29, 0.717) is 25.7 Å². The van der Waals surface area contributed by atoms with Crippen LogP contribution in [-0.4, -0.2) is 63.1 Å². The molecule has 0 bridgehead atoms. The zero-order valence-corrected chi connectivity index (χ0v) is 18.5. The average molecular weight is 413 g/mol. The summed E-state index contributed by atoms with van der Waals surface area (Å²) in [6.45, 7) is 3.94. The van der Waals surface area contributed by atoms with E-state index in [1.165, 1.54) is 0 Å². The highest BCUT2D eigenvalue weighted by Gasteiger charge is 2.11. The van der Waals surface area contributed by atoms with Gasteiger partial charge in [0.25, 0.3) is 0 Å². The lowest BCUT2D eigenvalue weighted by Crippen LogP contribution is -2.43. The number of carbonyl (C=O) groups is 1. The van der Waals surface area contributed by atoms with Crippen LogP contribution in [0.25, 0.3) is 0 Å². The zero-order chi connectivity index (χ0) is 21.9. The normalized spacial score (nSPS) is 11.0. The number of rotatable bonds is 9. The number of likely N-dealkylation sites (N-methyl/N-ethyl adjacent to an activating group) is 1. The standard InChI is InChI=1S/C23H32N4O3/c1-6-30-21-13-9-19(10-14-21)17-27(4)23(25-16-22(28)26(2)3)24-15-18-7-11-20(29-5)12-8-18/h7-14H,6,15-17H2,1-5H3,(H,24,25). The number of guanidine groups is 1. The number of hydrogen-bond acceptors (Lipinski definition) is 4. The van der Waals surface area contributed by atoms with Gasteiger partial charge in [-0.1, -0.05) is 24.3 Å². The van der Waals surface area contributed by atoms with E-state index >= 15 is 0 Å². The summed E-state index contributed by atoms with van der Waals surface area (Å²) in [5.74, 6) is 2.31. The van der Waals surface area contributed by atoms with Gasteiger partial charge < -0.3 is 24.6 Å². The SMILES string of the molecule is CCOc1ccc(CN(C)C(=NCc2ccc(OC)cc2)NCC(=O)N(C)C)cc1. The van der Waals surface area contributed by atoms with Gasteiger partial charge in [-0.2, -0.15) is 0 Å². The summed E-state index contributed by atoms with van der Waals surface area (Å²) in [5, 5.41) is 3.18. The summed E-state index contributed by atoms with van der Waals surface area (Å²) >= 11 is 0. The first-order valence-electron chi connectivity index (χ1n) is 9.97. The molecule has 0 saturated heterocycles. The number of amides is 1. The van der Waals surface area contributed by atoms with E-state index in [9.17, 15) is 4.79 Å². The summed E-state index contributed by atoms with van der Waals surface area (Å²) < 4.78 is 10.7. The molecule has 2 rings (SSSR count). The maximum absolute atomic E-state index is 12.0. The average Bonchev–Trinajstić information content (AvgIpc) is 2.75. The molecule has 0 saturated carbocycles. The summed E-state index contributed by atoms with van der Waals surface area (Å²) in [7, 11) is 7.08. The van der Waals surface area contributed by atoms with E-state index in [0.717, 1.165) is 22.6 Å². The van der Waals surface area contributed by atoms with Gasteiger partial charge in [0.2, 0.25) is 5.91 Å². The van der Waals surface area contributed by atoms with Gasteiger partial charge in [-0.25, -0.2) is 4.99 Å². The fourth-order valence-corrected chi connectivity index (χ4v) is 2.73. The number of hydrogen-bond donors (Lipinski definition) is 1. The minimum absolute atomic E-state index is 0.0124. The lowest BCUT2D eigenvalue weighted by Gasteiger charge is -2.23. The molecule has 0 aliphatic carbocycles. The van der Waals surface area contributed by atoms with Gasteiger partial charge in [0.1, 0.15) is 11.5 Å². The Kier molecular flexibility index (Phi) is 9.00. The molecule has 162 valence electrons. The first-order chi connectivity index (χ1) is 14.4. The third kappa shape index (κ3) is 7.31. The Balaban J connectivity index is 2.10. The number of aliphatic imine (C=N–C) groups is 1. The molecule has 0 aliphatic rings. The lowest BCUT2D eigenvalue weighted by molar-refractivity contribution is -0.127. The maximum atomic E-state index is 12.0. The van der Waals surface area contributed by atoms with Crippen molar-refractivity contribution in [2.24, 2.45) is 4.99 Å². The molecule has 1 N–H and O–H groups in total. The predicted octanol–water partition coefficient (Wildman–Crippen LogP) is 2.76. The molecule has 0 aromatic heterocycles. The number of ether oxygens (including phenoxy) is 2. The van der Waals surface area contributed by atoms with E-state index < -0.39 is 0 Å². The van der Waals surface area contributed by atoms with Crippen LogP contribution in [0, 0.1) is 0 Å². The van der Waals surface area contributed by atoms with Crippen molar-refractivity contribution >= 4 is 11.9 Å². The molecule has 1 amide bonds. The number of methoxy groups -OCH3 is 1. The minimum atomic E-state index is -0.0124. The van der Waals surface area contributed by atoms with Gasteiger partial charge in [-0.3, -0.25) is 4.79 Å². The highest BCUT2D eigenvalue weighted by Crippen LogP contribution is 2.14. The van der Waals surface area contributed by atoms with Crippen LogP contribution in [0.15, 0.2) is 53.5 Å². The Bertz CT molecular complexity index is 817. The quantitative estimate of drug-likeness (QED) is 0.507. The fraction of sp³-hybridized carbons (Fsp3) is 0.391. The Morgan fingerprint density at radius 2 is 1.57 bits per heavy atom. The molecule has 2 aromatic carbocycles. The van der Waals surface area contributed by atoms with Gasteiger partial charge in [-0.15, -0.1) is 0 Å². The first kappa shape index (κ1) is 23.1. The van der Waals surface area contributed by atoms with Crippen LogP contribution in [0.3, 0.4) is 0 Å². The van der Waals surface area contributed by atoms with Gasteiger partial charge in [0.05, 0.1) is 26.8 Å². The Morgan fingerprint density at radius 3 is 2.13 bits per heavy atom. The summed E-state index contributed by atoms with van der Waals surface area (Å²) in [5.41, 5.74) is 2.18. The van der Waals surface area contributed by atoms with E-state index in [2.05, 4.69) is 5.32 Å². The lowest BCUT2D eigenvalue weighted by atomic mass is 10.2. The predicted molar refractivity (Wildman–Crippen MR) is 120 cm³/mol. The number of benzene rings is 2. The number of carbonyl (C=O) groups excluding carboxylic acids is 1. The molecule has 0 atom stereocenters. The first-order valence-corrected chi connectivity index (χ1v) is 9.97. The van der Waals surface area contributed by atoms with Crippen molar-refractivity contribution in [2.45, 2.75) is 20.0 Å². The second-order valence-corrected chi connectivity index (χ2v) is 7.06. The van der Waals surface area contributed by atoms with Crippen LogP contribution < -0.4 is 14.8 Å². The maximum Gasteiger partial charge on any atom is 0.241 e. The van der Waals surface area contributed by atoms with Crippen molar-refractivity contribution in [3.63, 3.8) is 0 Å². The van der Waals surface area contributed by atoms with Gasteiger partial charge in [-0.05, 0) is 42.3 Å². The molecule has 2 aromatic rings. The van der Waals surface area contributed by atoms with E-state index in [1.54, 1.807) is 26.1 Å². The molecule has 0 heterocycles. The molecule has 7 heteroatoms. The van der Waals surface area contributed by atoms with Crippen LogP contribution >= 0.6 is 0 Å². The molecule has 0 aliphatic heterocycles. The van der Waals surface area contributed by atoms with E-state index in [1.807, 2.05) is 67.4 Å². The van der Waals surface area contributed by atoms with Crippen molar-refractivity contribution in [3.8, 4) is 11.5 Å². The van der Waals surface area contributed by atoms with Gasteiger partial charge in [0, 0.05) is 27.7 Å². The van der Waals surface area contributed by atoms with Crippen molar-refractivity contribution in [1.82, 2.24) is 15.1 Å². The topological polar surface area (TPSA) is 66.4 Å². The molecular formula is C23H32N4O3. The molecule has 7 nitrogen and oxygen atoms in total. The molecular weight excluding hydrogens is 380 g/mol. The van der Waals surface area contributed by atoms with Crippen LogP contribution in [0.2, 0.25) is 0 Å². The Labute approximate surface area is 179 Å². The summed E-state index contributed by atoms with van der Waals surface area (Å²) in [4.78, 5) is 20.3. The van der Waals surface area contributed by atoms with Crippen molar-refractivity contribution in [1.29, 1.82) is 0 Å². The molecule has 0 unspecified atom stereocenters. The van der Waals surface area contributed by atoms with E-state index in [4.69, 9.17) is 14.5 Å². The number of nitrogens with zero attached hydrogens (tertiary/aromatic N) is 3. The largest absolute Gasteiger partial charge is 0.497 e. The highest BCUT2D eigenvalue weighted by atomic mass is 16.5. The van der Waals surface area contributed by atoms with Crippen molar-refractivity contribution < 1.29 is 14.3 Å². The van der Waals surface area contributed by atoms with Gasteiger partial charge >= 0.3 is 0 Å². The van der Waals surface area contributed by atoms with Crippen molar-refractivity contribution in [2.75, 3.05) is 41.4 Å². The Morgan fingerprint density at radius 1 is 0.967 bits per heavy atom. The molecule has 0 spiro atoms. The smallest absolute Gasteiger partial charge is 0.241 e. The van der Waals surface area contributed by atoms with E-state index in [-0.39, 0.29) is 12.5 Å². The monoisotopic (exact) mass is 412 g/mol. The number of nitrogens with one attached hydrogen (secondary N) is 1. The zero-order valence-electron chi connectivity index (χ0n) is 18.5.